The third-order valence-corrected chi connectivity index (χ3v) is 5.94. The quantitative estimate of drug-likeness (QED) is 0.659. The van der Waals surface area contributed by atoms with E-state index in [1.165, 1.54) is 18.4 Å². The predicted molar refractivity (Wildman–Crippen MR) is 116 cm³/mol. The average molecular weight is 392 g/mol. The van der Waals surface area contributed by atoms with Crippen LogP contribution in [0.5, 0.6) is 5.75 Å². The van der Waals surface area contributed by atoms with Crippen LogP contribution in [0.1, 0.15) is 51.0 Å². The van der Waals surface area contributed by atoms with E-state index in [0.717, 1.165) is 48.0 Å². The Hall–Kier alpha value is -2.60. The van der Waals surface area contributed by atoms with Gasteiger partial charge in [0.2, 0.25) is 0 Å². The summed E-state index contributed by atoms with van der Waals surface area (Å²) in [5, 5.41) is 7.13. The van der Waals surface area contributed by atoms with Gasteiger partial charge in [0.1, 0.15) is 17.2 Å². The summed E-state index contributed by atoms with van der Waals surface area (Å²) in [6.45, 7) is 6.00. The largest absolute Gasteiger partial charge is 0.493 e. The minimum atomic E-state index is 0.464. The molecule has 0 spiro atoms. The normalized spacial score (nSPS) is 22.0. The molecule has 152 valence electrons. The third kappa shape index (κ3) is 3.81. The lowest BCUT2D eigenvalue weighted by Crippen LogP contribution is -2.41. The molecule has 6 nitrogen and oxygen atoms in total. The van der Waals surface area contributed by atoms with E-state index >= 15 is 0 Å². The first-order valence-electron chi connectivity index (χ1n) is 10.8. The number of imidazole rings is 1. The zero-order chi connectivity index (χ0) is 19.8. The lowest BCUT2D eigenvalue weighted by Gasteiger charge is -2.29. The summed E-state index contributed by atoms with van der Waals surface area (Å²) in [6, 6.07) is 9.27. The molecule has 0 aromatic carbocycles. The average Bonchev–Trinajstić information content (AvgIpc) is 3.48. The molecule has 3 aromatic rings. The van der Waals surface area contributed by atoms with Gasteiger partial charge in [0, 0.05) is 29.9 Å². The monoisotopic (exact) mass is 391 g/mol. The molecule has 0 amide bonds. The van der Waals surface area contributed by atoms with E-state index in [1.54, 1.807) is 0 Å². The van der Waals surface area contributed by atoms with E-state index in [1.807, 2.05) is 13.1 Å². The van der Waals surface area contributed by atoms with Crippen molar-refractivity contribution >= 4 is 11.5 Å². The molecular formula is C23H29N5O. The van der Waals surface area contributed by atoms with Crippen molar-refractivity contribution in [1.82, 2.24) is 19.7 Å². The Morgan fingerprint density at radius 1 is 1.28 bits per heavy atom. The molecule has 0 unspecified atom stereocenters. The van der Waals surface area contributed by atoms with Crippen molar-refractivity contribution < 1.29 is 4.74 Å². The SMILES string of the molecule is CCOc1cc2ncc(-c3cccc(N[C@H]4CCN[C@@H](C)C4)n3)n2cc1C1CC1. The summed E-state index contributed by atoms with van der Waals surface area (Å²) < 4.78 is 8.05. The van der Waals surface area contributed by atoms with E-state index in [2.05, 4.69) is 57.4 Å². The molecule has 2 atom stereocenters. The Balaban J connectivity index is 1.46. The molecule has 5 rings (SSSR count). The van der Waals surface area contributed by atoms with Crippen molar-refractivity contribution in [3.05, 3.63) is 42.2 Å². The number of fused-ring (bicyclic) bond motifs is 1. The Bertz CT molecular complexity index is 1010. The topological polar surface area (TPSA) is 63.5 Å². The molecule has 0 radical (unpaired) electrons. The van der Waals surface area contributed by atoms with Gasteiger partial charge in [-0.3, -0.25) is 4.40 Å². The molecule has 2 aliphatic rings. The lowest BCUT2D eigenvalue weighted by molar-refractivity contribution is 0.336. The van der Waals surface area contributed by atoms with Crippen LogP contribution in [0, 0.1) is 0 Å². The van der Waals surface area contributed by atoms with Crippen LogP contribution < -0.4 is 15.4 Å². The number of hydrogen-bond donors (Lipinski definition) is 2. The van der Waals surface area contributed by atoms with Gasteiger partial charge in [-0.2, -0.15) is 0 Å². The van der Waals surface area contributed by atoms with Gasteiger partial charge in [-0.05, 0) is 64.1 Å². The highest BCUT2D eigenvalue weighted by molar-refractivity contribution is 5.64. The molecule has 4 heterocycles. The fourth-order valence-electron chi connectivity index (χ4n) is 4.32. The zero-order valence-corrected chi connectivity index (χ0v) is 17.2. The molecular weight excluding hydrogens is 362 g/mol. The number of hydrogen-bond acceptors (Lipinski definition) is 5. The first kappa shape index (κ1) is 18.4. The number of ether oxygens (including phenoxy) is 1. The predicted octanol–water partition coefficient (Wildman–Crippen LogP) is 4.22. The van der Waals surface area contributed by atoms with Crippen LogP contribution >= 0.6 is 0 Å². The molecule has 1 saturated heterocycles. The van der Waals surface area contributed by atoms with Crippen molar-refractivity contribution in [2.24, 2.45) is 0 Å². The van der Waals surface area contributed by atoms with Crippen LogP contribution in [0.4, 0.5) is 5.82 Å². The zero-order valence-electron chi connectivity index (χ0n) is 17.2. The van der Waals surface area contributed by atoms with Gasteiger partial charge in [0.15, 0.2) is 0 Å². The Morgan fingerprint density at radius 2 is 2.17 bits per heavy atom. The summed E-state index contributed by atoms with van der Waals surface area (Å²) in [6.07, 6.45) is 8.84. The highest BCUT2D eigenvalue weighted by atomic mass is 16.5. The molecule has 1 saturated carbocycles. The maximum atomic E-state index is 5.89. The molecule has 0 bridgehead atoms. The fourth-order valence-corrected chi connectivity index (χ4v) is 4.32. The molecule has 2 fully saturated rings. The second kappa shape index (κ2) is 7.67. The molecule has 1 aliphatic carbocycles. The van der Waals surface area contributed by atoms with Gasteiger partial charge in [0.25, 0.3) is 0 Å². The minimum Gasteiger partial charge on any atom is -0.493 e. The summed E-state index contributed by atoms with van der Waals surface area (Å²) in [5.41, 5.74) is 4.15. The van der Waals surface area contributed by atoms with Crippen LogP contribution in [-0.2, 0) is 0 Å². The molecule has 29 heavy (non-hydrogen) atoms. The summed E-state index contributed by atoms with van der Waals surface area (Å²) >= 11 is 0. The first-order chi connectivity index (χ1) is 14.2. The number of aromatic nitrogens is 3. The van der Waals surface area contributed by atoms with Gasteiger partial charge in [-0.25, -0.2) is 9.97 Å². The van der Waals surface area contributed by atoms with Crippen molar-refractivity contribution in [2.75, 3.05) is 18.5 Å². The van der Waals surface area contributed by atoms with E-state index in [4.69, 9.17) is 9.72 Å². The highest BCUT2D eigenvalue weighted by Gasteiger charge is 2.28. The summed E-state index contributed by atoms with van der Waals surface area (Å²) in [7, 11) is 0. The third-order valence-electron chi connectivity index (χ3n) is 5.94. The summed E-state index contributed by atoms with van der Waals surface area (Å²) in [5.74, 6) is 2.52. The van der Waals surface area contributed by atoms with Gasteiger partial charge >= 0.3 is 0 Å². The van der Waals surface area contributed by atoms with Crippen LogP contribution in [0.2, 0.25) is 0 Å². The smallest absolute Gasteiger partial charge is 0.140 e. The van der Waals surface area contributed by atoms with E-state index in [-0.39, 0.29) is 0 Å². The molecule has 6 heteroatoms. The Morgan fingerprint density at radius 3 is 2.97 bits per heavy atom. The fraction of sp³-hybridized carbons (Fsp3) is 0.478. The maximum absolute atomic E-state index is 5.89. The molecule has 3 aromatic heterocycles. The van der Waals surface area contributed by atoms with Gasteiger partial charge in [-0.1, -0.05) is 6.07 Å². The van der Waals surface area contributed by atoms with Gasteiger partial charge < -0.3 is 15.4 Å². The van der Waals surface area contributed by atoms with Crippen molar-refractivity contribution in [1.29, 1.82) is 0 Å². The Labute approximate surface area is 171 Å². The van der Waals surface area contributed by atoms with E-state index in [0.29, 0.717) is 24.6 Å². The van der Waals surface area contributed by atoms with Crippen LogP contribution in [0.15, 0.2) is 36.7 Å². The number of pyridine rings is 2. The maximum Gasteiger partial charge on any atom is 0.140 e. The van der Waals surface area contributed by atoms with E-state index in [9.17, 15) is 0 Å². The number of anilines is 1. The number of nitrogens with one attached hydrogen (secondary N) is 2. The van der Waals surface area contributed by atoms with Crippen molar-refractivity contribution in [3.63, 3.8) is 0 Å². The second-order valence-electron chi connectivity index (χ2n) is 8.30. The lowest BCUT2D eigenvalue weighted by atomic mass is 10.0. The van der Waals surface area contributed by atoms with Gasteiger partial charge in [0.05, 0.1) is 24.2 Å². The Kier molecular flexibility index (Phi) is 4.87. The van der Waals surface area contributed by atoms with Crippen molar-refractivity contribution in [2.45, 2.75) is 57.5 Å². The number of piperidine rings is 1. The highest BCUT2D eigenvalue weighted by Crippen LogP contribution is 2.45. The van der Waals surface area contributed by atoms with Gasteiger partial charge in [-0.15, -0.1) is 0 Å². The summed E-state index contributed by atoms with van der Waals surface area (Å²) in [4.78, 5) is 9.54. The standard InChI is InChI=1S/C23H29N5O/c1-3-29-21-12-23-25-13-20(28(23)14-18(21)16-7-8-16)19-5-4-6-22(27-19)26-17-9-10-24-15(2)11-17/h4-6,12-17,24H,3,7-11H2,1-2H3,(H,26,27)/t15-,17-/m0/s1. The molecule has 1 aliphatic heterocycles. The minimum absolute atomic E-state index is 0.464. The van der Waals surface area contributed by atoms with Crippen LogP contribution in [0.3, 0.4) is 0 Å². The first-order valence-corrected chi connectivity index (χ1v) is 10.8. The van der Waals surface area contributed by atoms with Crippen LogP contribution in [0.25, 0.3) is 17.0 Å². The number of rotatable bonds is 6. The van der Waals surface area contributed by atoms with Crippen molar-refractivity contribution in [3.8, 4) is 17.1 Å². The molecule has 2 N–H and O–H groups in total. The number of nitrogens with zero attached hydrogens (tertiary/aromatic N) is 3. The van der Waals surface area contributed by atoms with Crippen LogP contribution in [-0.4, -0.2) is 39.6 Å². The second-order valence-corrected chi connectivity index (χ2v) is 8.30. The van der Waals surface area contributed by atoms with E-state index < -0.39 is 0 Å².